The lowest BCUT2D eigenvalue weighted by molar-refractivity contribution is 0.386. The highest BCUT2D eigenvalue weighted by molar-refractivity contribution is 7.13. The van der Waals surface area contributed by atoms with Crippen LogP contribution in [0.4, 0.5) is 0 Å². The molecular formula is C11H13N3O3S. The van der Waals surface area contributed by atoms with Gasteiger partial charge in [-0.2, -0.15) is 0 Å². The quantitative estimate of drug-likeness (QED) is 0.890. The van der Waals surface area contributed by atoms with Crippen molar-refractivity contribution in [2.45, 2.75) is 6.54 Å². The average molecular weight is 267 g/mol. The van der Waals surface area contributed by atoms with Gasteiger partial charge in [-0.15, -0.1) is 5.10 Å². The number of hydrogen-bond donors (Lipinski definition) is 1. The molecule has 2 rings (SSSR count). The summed E-state index contributed by atoms with van der Waals surface area (Å²) in [4.78, 5) is 0. The summed E-state index contributed by atoms with van der Waals surface area (Å²) in [5.41, 5.74) is 5.46. The Balaban J connectivity index is 2.22. The van der Waals surface area contributed by atoms with Crippen LogP contribution in [0.3, 0.4) is 0 Å². The van der Waals surface area contributed by atoms with Crippen LogP contribution >= 0.6 is 11.3 Å². The molecule has 6 nitrogen and oxygen atoms in total. The highest BCUT2D eigenvalue weighted by Crippen LogP contribution is 2.31. The molecular weight excluding hydrogens is 254 g/mol. The lowest BCUT2D eigenvalue weighted by atomic mass is 10.3. The first-order valence-corrected chi connectivity index (χ1v) is 6.00. The van der Waals surface area contributed by atoms with Crippen LogP contribution in [0.5, 0.6) is 22.4 Å². The first-order valence-electron chi connectivity index (χ1n) is 5.18. The minimum Gasteiger partial charge on any atom is -0.496 e. The molecule has 0 saturated carbocycles. The lowest BCUT2D eigenvalue weighted by Gasteiger charge is -2.07. The first kappa shape index (κ1) is 12.6. The van der Waals surface area contributed by atoms with E-state index in [1.807, 2.05) is 0 Å². The molecule has 2 aromatic rings. The molecule has 0 bridgehead atoms. The number of benzene rings is 1. The summed E-state index contributed by atoms with van der Waals surface area (Å²) >= 11 is 1.30. The van der Waals surface area contributed by atoms with Gasteiger partial charge < -0.3 is 19.9 Å². The van der Waals surface area contributed by atoms with E-state index < -0.39 is 0 Å². The smallest absolute Gasteiger partial charge is 0.299 e. The number of aromatic nitrogens is 2. The first-order chi connectivity index (χ1) is 8.75. The number of rotatable bonds is 5. The Hall–Kier alpha value is -1.86. The van der Waals surface area contributed by atoms with Crippen LogP contribution in [0.25, 0.3) is 0 Å². The molecule has 0 aliphatic carbocycles. The second kappa shape index (κ2) is 5.65. The molecule has 0 aliphatic heterocycles. The zero-order chi connectivity index (χ0) is 13.0. The van der Waals surface area contributed by atoms with Gasteiger partial charge in [-0.3, -0.25) is 0 Å². The molecule has 0 radical (unpaired) electrons. The second-order valence-electron chi connectivity index (χ2n) is 3.32. The van der Waals surface area contributed by atoms with E-state index in [1.54, 1.807) is 32.4 Å². The Morgan fingerprint density at radius 1 is 1.06 bits per heavy atom. The van der Waals surface area contributed by atoms with Crippen molar-refractivity contribution in [2.75, 3.05) is 14.2 Å². The SMILES string of the molecule is COc1cc(OC)cc(Oc2nnc(CN)s2)c1. The zero-order valence-corrected chi connectivity index (χ0v) is 10.9. The molecule has 0 amide bonds. The Labute approximate surface area is 108 Å². The fraction of sp³-hybridized carbons (Fsp3) is 0.273. The van der Waals surface area contributed by atoms with Gasteiger partial charge in [0.15, 0.2) is 0 Å². The highest BCUT2D eigenvalue weighted by Gasteiger charge is 2.08. The number of methoxy groups -OCH3 is 2. The maximum absolute atomic E-state index is 5.58. The van der Waals surface area contributed by atoms with Gasteiger partial charge in [0.1, 0.15) is 22.3 Å². The third kappa shape index (κ3) is 2.88. The van der Waals surface area contributed by atoms with Gasteiger partial charge in [0.05, 0.1) is 14.2 Å². The predicted octanol–water partition coefficient (Wildman–Crippen LogP) is 1.81. The highest BCUT2D eigenvalue weighted by atomic mass is 32.1. The predicted molar refractivity (Wildman–Crippen MR) is 67.4 cm³/mol. The van der Waals surface area contributed by atoms with Gasteiger partial charge in [0, 0.05) is 24.7 Å². The third-order valence-corrected chi connectivity index (χ3v) is 2.98. The van der Waals surface area contributed by atoms with E-state index in [2.05, 4.69) is 10.2 Å². The van der Waals surface area contributed by atoms with Crippen LogP contribution in [0.15, 0.2) is 18.2 Å². The fourth-order valence-electron chi connectivity index (χ4n) is 1.30. The number of nitrogens with two attached hydrogens (primary N) is 1. The summed E-state index contributed by atoms with van der Waals surface area (Å²) < 4.78 is 15.9. The van der Waals surface area contributed by atoms with Crippen LogP contribution in [-0.2, 0) is 6.54 Å². The van der Waals surface area contributed by atoms with Crippen LogP contribution in [-0.4, -0.2) is 24.4 Å². The Morgan fingerprint density at radius 2 is 1.67 bits per heavy atom. The van der Waals surface area contributed by atoms with Gasteiger partial charge in [-0.1, -0.05) is 16.4 Å². The minimum absolute atomic E-state index is 0.350. The van der Waals surface area contributed by atoms with E-state index in [-0.39, 0.29) is 0 Å². The molecule has 1 aromatic carbocycles. The molecule has 1 heterocycles. The van der Waals surface area contributed by atoms with E-state index >= 15 is 0 Å². The van der Waals surface area contributed by atoms with Gasteiger partial charge in [-0.05, 0) is 0 Å². The summed E-state index contributed by atoms with van der Waals surface area (Å²) in [6.07, 6.45) is 0. The van der Waals surface area contributed by atoms with Crippen molar-refractivity contribution in [1.82, 2.24) is 10.2 Å². The monoisotopic (exact) mass is 267 g/mol. The second-order valence-corrected chi connectivity index (χ2v) is 4.34. The molecule has 0 unspecified atom stereocenters. The molecule has 18 heavy (non-hydrogen) atoms. The van der Waals surface area contributed by atoms with Crippen molar-refractivity contribution >= 4 is 11.3 Å². The van der Waals surface area contributed by atoms with Crippen molar-refractivity contribution in [2.24, 2.45) is 5.73 Å². The van der Waals surface area contributed by atoms with Gasteiger partial charge in [0.2, 0.25) is 0 Å². The topological polar surface area (TPSA) is 79.5 Å². The molecule has 0 aliphatic rings. The van der Waals surface area contributed by atoms with Crippen LogP contribution in [0.2, 0.25) is 0 Å². The van der Waals surface area contributed by atoms with E-state index in [1.165, 1.54) is 11.3 Å². The van der Waals surface area contributed by atoms with Crippen molar-refractivity contribution in [3.8, 4) is 22.4 Å². The standard InChI is InChI=1S/C11H13N3O3S/c1-15-7-3-8(16-2)5-9(4-7)17-11-14-13-10(6-12)18-11/h3-5H,6,12H2,1-2H3. The Morgan fingerprint density at radius 3 is 2.17 bits per heavy atom. The van der Waals surface area contributed by atoms with Crippen LogP contribution in [0, 0.1) is 0 Å². The summed E-state index contributed by atoms with van der Waals surface area (Å²) in [7, 11) is 3.16. The molecule has 96 valence electrons. The van der Waals surface area contributed by atoms with E-state index in [0.29, 0.717) is 29.0 Å². The largest absolute Gasteiger partial charge is 0.496 e. The Kier molecular flexibility index (Phi) is 3.96. The zero-order valence-electron chi connectivity index (χ0n) is 10.0. The number of nitrogens with zero attached hydrogens (tertiary/aromatic N) is 2. The van der Waals surface area contributed by atoms with Crippen LogP contribution in [0.1, 0.15) is 5.01 Å². The molecule has 0 saturated heterocycles. The normalized spacial score (nSPS) is 10.2. The van der Waals surface area contributed by atoms with E-state index in [4.69, 9.17) is 19.9 Å². The fourth-order valence-corrected chi connectivity index (χ4v) is 1.89. The Bertz CT molecular complexity index is 508. The lowest BCUT2D eigenvalue weighted by Crippen LogP contribution is -1.94. The van der Waals surface area contributed by atoms with Crippen molar-refractivity contribution in [3.63, 3.8) is 0 Å². The van der Waals surface area contributed by atoms with Gasteiger partial charge in [0.25, 0.3) is 5.19 Å². The average Bonchev–Trinajstić information content (AvgIpc) is 2.85. The van der Waals surface area contributed by atoms with Crippen molar-refractivity contribution < 1.29 is 14.2 Å². The van der Waals surface area contributed by atoms with Gasteiger partial charge >= 0.3 is 0 Å². The third-order valence-electron chi connectivity index (χ3n) is 2.15. The maximum atomic E-state index is 5.58. The minimum atomic E-state index is 0.350. The molecule has 0 fully saturated rings. The molecule has 7 heteroatoms. The summed E-state index contributed by atoms with van der Waals surface area (Å²) in [5.74, 6) is 1.87. The molecule has 2 N–H and O–H groups in total. The number of hydrogen-bond acceptors (Lipinski definition) is 7. The molecule has 0 spiro atoms. The number of ether oxygens (including phenoxy) is 3. The summed E-state index contributed by atoms with van der Waals surface area (Å²) in [5, 5.41) is 8.91. The van der Waals surface area contributed by atoms with E-state index in [9.17, 15) is 0 Å². The summed E-state index contributed by atoms with van der Waals surface area (Å²) in [6.45, 7) is 0.350. The summed E-state index contributed by atoms with van der Waals surface area (Å²) in [6, 6.07) is 5.25. The van der Waals surface area contributed by atoms with Crippen molar-refractivity contribution in [1.29, 1.82) is 0 Å². The van der Waals surface area contributed by atoms with Crippen LogP contribution < -0.4 is 19.9 Å². The molecule has 0 atom stereocenters. The van der Waals surface area contributed by atoms with Gasteiger partial charge in [-0.25, -0.2) is 0 Å². The van der Waals surface area contributed by atoms with E-state index in [0.717, 1.165) is 5.01 Å². The maximum Gasteiger partial charge on any atom is 0.299 e. The van der Waals surface area contributed by atoms with Crippen molar-refractivity contribution in [3.05, 3.63) is 23.2 Å². The molecule has 1 aromatic heterocycles.